The van der Waals surface area contributed by atoms with Gasteiger partial charge in [-0.25, -0.2) is 0 Å². The van der Waals surface area contributed by atoms with Crippen LogP contribution in [0.5, 0.6) is 0 Å². The van der Waals surface area contributed by atoms with Crippen molar-refractivity contribution < 1.29 is 29.7 Å². The van der Waals surface area contributed by atoms with Gasteiger partial charge in [0.15, 0.2) is 0 Å². The second-order valence-electron chi connectivity index (χ2n) is 7.00. The second kappa shape index (κ2) is 10.7. The van der Waals surface area contributed by atoms with Gasteiger partial charge < -0.3 is 15.3 Å². The molecule has 0 saturated carbocycles. The number of carbonyl (C=O) groups is 3. The Balaban J connectivity index is 2.03. The number of rotatable bonds is 8. The van der Waals surface area contributed by atoms with E-state index in [-0.39, 0.29) is 19.5 Å². The van der Waals surface area contributed by atoms with Gasteiger partial charge in [0.1, 0.15) is 0 Å². The highest BCUT2D eigenvalue weighted by Crippen LogP contribution is 2.10. The highest BCUT2D eigenvalue weighted by molar-refractivity contribution is 5.70. The Morgan fingerprint density at radius 1 is 0.643 bits per heavy atom. The first-order valence-electron chi connectivity index (χ1n) is 9.22. The predicted molar refractivity (Wildman–Crippen MR) is 101 cm³/mol. The molecule has 9 nitrogen and oxygen atoms in total. The Hall–Kier alpha value is -2.49. The summed E-state index contributed by atoms with van der Waals surface area (Å²) in [7, 11) is 0. The lowest BCUT2D eigenvalue weighted by Crippen LogP contribution is -2.40. The Kier molecular flexibility index (Phi) is 8.37. The summed E-state index contributed by atoms with van der Waals surface area (Å²) < 4.78 is 0. The molecular weight excluding hydrogens is 366 g/mol. The quantitative estimate of drug-likeness (QED) is 0.556. The molecular formula is C19H27N3O6. The molecule has 1 aromatic carbocycles. The van der Waals surface area contributed by atoms with Gasteiger partial charge >= 0.3 is 17.9 Å². The lowest BCUT2D eigenvalue weighted by atomic mass is 10.1. The molecule has 9 heteroatoms. The second-order valence-corrected chi connectivity index (χ2v) is 7.00. The number of benzene rings is 1. The molecule has 3 N–H and O–H groups in total. The van der Waals surface area contributed by atoms with Gasteiger partial charge in [-0.05, 0) is 11.1 Å². The van der Waals surface area contributed by atoms with E-state index in [0.29, 0.717) is 45.8 Å². The van der Waals surface area contributed by atoms with Crippen molar-refractivity contribution in [1.82, 2.24) is 14.7 Å². The zero-order valence-electron chi connectivity index (χ0n) is 15.8. The Morgan fingerprint density at radius 2 is 1.04 bits per heavy atom. The first-order chi connectivity index (χ1) is 13.3. The monoisotopic (exact) mass is 393 g/mol. The van der Waals surface area contributed by atoms with Crippen molar-refractivity contribution in [2.24, 2.45) is 0 Å². The number of nitrogens with zero attached hydrogens (tertiary/aromatic N) is 3. The minimum Gasteiger partial charge on any atom is -0.481 e. The third kappa shape index (κ3) is 8.03. The Bertz CT molecular complexity index is 651. The van der Waals surface area contributed by atoms with Crippen LogP contribution in [0.1, 0.15) is 11.1 Å². The van der Waals surface area contributed by atoms with E-state index in [4.69, 9.17) is 15.3 Å². The smallest absolute Gasteiger partial charge is 0.317 e. The van der Waals surface area contributed by atoms with E-state index >= 15 is 0 Å². The van der Waals surface area contributed by atoms with Crippen LogP contribution in [-0.4, -0.2) is 100 Å². The normalized spacial score (nSPS) is 17.4. The average molecular weight is 393 g/mol. The van der Waals surface area contributed by atoms with Crippen LogP contribution < -0.4 is 0 Å². The van der Waals surface area contributed by atoms with Crippen molar-refractivity contribution in [3.63, 3.8) is 0 Å². The summed E-state index contributed by atoms with van der Waals surface area (Å²) in [6.07, 6.45) is -0.0156. The first kappa shape index (κ1) is 21.8. The number of carboxylic acid groups (broad SMARTS) is 3. The fraction of sp³-hybridized carbons (Fsp3) is 0.526. The van der Waals surface area contributed by atoms with Crippen molar-refractivity contribution in [2.75, 3.05) is 52.4 Å². The lowest BCUT2D eigenvalue weighted by molar-refractivity contribution is -0.140. The zero-order chi connectivity index (χ0) is 20.5. The highest BCUT2D eigenvalue weighted by Gasteiger charge is 2.19. The summed E-state index contributed by atoms with van der Waals surface area (Å²) >= 11 is 0. The van der Waals surface area contributed by atoms with Crippen molar-refractivity contribution in [3.05, 3.63) is 35.4 Å². The Labute approximate surface area is 163 Å². The van der Waals surface area contributed by atoms with E-state index in [0.717, 1.165) is 11.1 Å². The van der Waals surface area contributed by atoms with E-state index in [1.165, 1.54) is 0 Å². The van der Waals surface area contributed by atoms with Gasteiger partial charge in [0, 0.05) is 45.8 Å². The molecule has 1 aromatic rings. The van der Waals surface area contributed by atoms with Crippen molar-refractivity contribution in [2.45, 2.75) is 13.0 Å². The van der Waals surface area contributed by atoms with Crippen LogP contribution in [0.3, 0.4) is 0 Å². The lowest BCUT2D eigenvalue weighted by Gasteiger charge is -2.25. The van der Waals surface area contributed by atoms with Crippen LogP contribution in [0.4, 0.5) is 0 Å². The van der Waals surface area contributed by atoms with Crippen molar-refractivity contribution in [3.8, 4) is 0 Å². The van der Waals surface area contributed by atoms with Crippen LogP contribution >= 0.6 is 0 Å². The predicted octanol–water partition coefficient (Wildman–Crippen LogP) is -0.0975. The molecule has 1 aliphatic heterocycles. The summed E-state index contributed by atoms with van der Waals surface area (Å²) in [6.45, 7) is 4.03. The molecule has 0 aromatic heterocycles. The summed E-state index contributed by atoms with van der Waals surface area (Å²) in [5.41, 5.74) is 1.77. The van der Waals surface area contributed by atoms with Gasteiger partial charge in [0.05, 0.1) is 19.5 Å². The fourth-order valence-electron chi connectivity index (χ4n) is 3.24. The molecule has 0 bridgehead atoms. The van der Waals surface area contributed by atoms with Crippen LogP contribution in [0.2, 0.25) is 0 Å². The van der Waals surface area contributed by atoms with Gasteiger partial charge in [-0.2, -0.15) is 0 Å². The maximum absolute atomic E-state index is 11.1. The maximum atomic E-state index is 11.1. The molecule has 0 amide bonds. The average Bonchev–Trinajstić information content (AvgIpc) is 2.68. The molecule has 0 aliphatic carbocycles. The van der Waals surface area contributed by atoms with Crippen LogP contribution in [0.25, 0.3) is 0 Å². The number of carboxylic acids is 3. The van der Waals surface area contributed by atoms with Crippen LogP contribution in [0.15, 0.2) is 24.3 Å². The van der Waals surface area contributed by atoms with Gasteiger partial charge in [-0.15, -0.1) is 0 Å². The Morgan fingerprint density at radius 3 is 1.43 bits per heavy atom. The topological polar surface area (TPSA) is 122 Å². The van der Waals surface area contributed by atoms with Gasteiger partial charge in [0.2, 0.25) is 0 Å². The number of hydrogen-bond donors (Lipinski definition) is 3. The summed E-state index contributed by atoms with van der Waals surface area (Å²) in [5, 5.41) is 27.0. The van der Waals surface area contributed by atoms with Crippen molar-refractivity contribution in [1.29, 1.82) is 0 Å². The third-order valence-electron chi connectivity index (χ3n) is 4.70. The highest BCUT2D eigenvalue weighted by atomic mass is 16.4. The molecule has 0 unspecified atom stereocenters. The summed E-state index contributed by atoms with van der Waals surface area (Å²) in [6, 6.07) is 7.39. The largest absolute Gasteiger partial charge is 0.481 e. The number of aliphatic carboxylic acids is 3. The van der Waals surface area contributed by atoms with E-state index in [9.17, 15) is 14.4 Å². The zero-order valence-corrected chi connectivity index (χ0v) is 15.8. The summed E-state index contributed by atoms with van der Waals surface area (Å²) in [5.74, 6) is -2.67. The molecule has 154 valence electrons. The summed E-state index contributed by atoms with van der Waals surface area (Å²) in [4.78, 5) is 38.8. The standard InChI is InChI=1S/C19H27N3O6/c23-17(24)11-15-1-3-16(4-2-15)12-20-5-7-21(13-18(25)26)9-10-22(8-6-20)14-19(27)28/h1-4H,5-14H2,(H,23,24)(H,25,26)(H,27,28). The third-order valence-corrected chi connectivity index (χ3v) is 4.70. The van der Waals surface area contributed by atoms with Crippen molar-refractivity contribution >= 4 is 17.9 Å². The molecule has 28 heavy (non-hydrogen) atoms. The molecule has 1 aliphatic rings. The molecule has 1 heterocycles. The van der Waals surface area contributed by atoms with E-state index in [1.807, 2.05) is 21.9 Å². The molecule has 1 fully saturated rings. The van der Waals surface area contributed by atoms with E-state index in [2.05, 4.69) is 4.90 Å². The molecule has 0 spiro atoms. The minimum absolute atomic E-state index is 0.0156. The van der Waals surface area contributed by atoms with Gasteiger partial charge in [-0.3, -0.25) is 29.1 Å². The first-order valence-corrected chi connectivity index (χ1v) is 9.22. The minimum atomic E-state index is -0.899. The van der Waals surface area contributed by atoms with E-state index < -0.39 is 17.9 Å². The maximum Gasteiger partial charge on any atom is 0.317 e. The molecule has 0 radical (unpaired) electrons. The van der Waals surface area contributed by atoms with Crippen LogP contribution in [-0.2, 0) is 27.3 Å². The van der Waals surface area contributed by atoms with Gasteiger partial charge in [-0.1, -0.05) is 24.3 Å². The van der Waals surface area contributed by atoms with Gasteiger partial charge in [0.25, 0.3) is 0 Å². The SMILES string of the molecule is O=C(O)Cc1ccc(CN2CCN(CC(=O)O)CCN(CC(=O)O)CC2)cc1. The van der Waals surface area contributed by atoms with Crippen LogP contribution in [0, 0.1) is 0 Å². The van der Waals surface area contributed by atoms with E-state index in [1.54, 1.807) is 12.1 Å². The molecule has 1 saturated heterocycles. The fourth-order valence-corrected chi connectivity index (χ4v) is 3.24. The molecule has 2 rings (SSSR count). The molecule has 0 atom stereocenters. The number of hydrogen-bond acceptors (Lipinski definition) is 6.